The number of nitrogen functional groups attached to an aromatic ring is 1. The van der Waals surface area contributed by atoms with Gasteiger partial charge in [0.15, 0.2) is 0 Å². The summed E-state index contributed by atoms with van der Waals surface area (Å²) in [4.78, 5) is 1.27. The molecule has 0 unspecified atom stereocenters. The van der Waals surface area contributed by atoms with E-state index in [0.29, 0.717) is 0 Å². The Morgan fingerprint density at radius 1 is 1.27 bits per heavy atom. The molecule has 0 aromatic heterocycles. The predicted octanol–water partition coefficient (Wildman–Crippen LogP) is 3.03. The molecule has 1 aromatic rings. The van der Waals surface area contributed by atoms with E-state index in [4.69, 9.17) is 5.73 Å². The largest absolute Gasteiger partial charge is 0.399 e. The van der Waals surface area contributed by atoms with Crippen molar-refractivity contribution in [2.45, 2.75) is 11.8 Å². The van der Waals surface area contributed by atoms with Crippen molar-refractivity contribution in [3.8, 4) is 0 Å². The van der Waals surface area contributed by atoms with Crippen LogP contribution in [0.1, 0.15) is 6.92 Å². The monoisotopic (exact) mass is 185 g/mol. The topological polar surface area (TPSA) is 26.0 Å². The Balaban J connectivity index is 2.52. The Kier molecular flexibility index (Phi) is 3.66. The van der Waals surface area contributed by atoms with Crippen LogP contribution in [0.4, 0.5) is 5.69 Å². The van der Waals surface area contributed by atoms with Gasteiger partial charge in [-0.1, -0.05) is 28.5 Å². The minimum atomic E-state index is 0.829. The minimum absolute atomic E-state index is 0.829. The van der Waals surface area contributed by atoms with Crippen LogP contribution in [0, 0.1) is 0 Å². The van der Waals surface area contributed by atoms with E-state index in [1.165, 1.54) is 4.90 Å². The number of hydrogen-bond acceptors (Lipinski definition) is 3. The molecule has 0 aliphatic heterocycles. The Hall–Kier alpha value is -0.280. The summed E-state index contributed by atoms with van der Waals surface area (Å²) in [6, 6.07) is 7.95. The van der Waals surface area contributed by atoms with Gasteiger partial charge in [-0.15, -0.1) is 0 Å². The molecule has 1 aromatic carbocycles. The molecule has 0 fully saturated rings. The standard InChI is InChI=1S/C8H11NS2/c1-2-10-11-8-5-3-7(9)4-6-8/h3-6H,2,9H2,1H3. The van der Waals surface area contributed by atoms with Crippen LogP contribution in [0.25, 0.3) is 0 Å². The summed E-state index contributed by atoms with van der Waals surface area (Å²) < 4.78 is 0. The minimum Gasteiger partial charge on any atom is -0.399 e. The molecule has 0 heterocycles. The predicted molar refractivity (Wildman–Crippen MR) is 54.8 cm³/mol. The highest BCUT2D eigenvalue weighted by Gasteiger charge is 1.91. The first-order chi connectivity index (χ1) is 5.33. The third-order valence-corrected chi connectivity index (χ3v) is 3.61. The molecule has 1 nitrogen and oxygen atoms in total. The lowest BCUT2D eigenvalue weighted by molar-refractivity contribution is 1.47. The molecular weight excluding hydrogens is 174 g/mol. The average molecular weight is 185 g/mol. The van der Waals surface area contributed by atoms with Crippen molar-refractivity contribution >= 4 is 27.3 Å². The van der Waals surface area contributed by atoms with E-state index < -0.39 is 0 Å². The first kappa shape index (κ1) is 8.81. The van der Waals surface area contributed by atoms with Gasteiger partial charge in [0.05, 0.1) is 0 Å². The Morgan fingerprint density at radius 3 is 2.45 bits per heavy atom. The number of anilines is 1. The van der Waals surface area contributed by atoms with Crippen molar-refractivity contribution in [3.63, 3.8) is 0 Å². The molecule has 0 bridgehead atoms. The SMILES string of the molecule is CCSSc1ccc(N)cc1. The van der Waals surface area contributed by atoms with E-state index in [0.717, 1.165) is 11.4 Å². The summed E-state index contributed by atoms with van der Waals surface area (Å²) in [5.74, 6) is 1.13. The average Bonchev–Trinajstić information content (AvgIpc) is 2.04. The van der Waals surface area contributed by atoms with E-state index in [1.807, 2.05) is 35.1 Å². The van der Waals surface area contributed by atoms with Gasteiger partial charge in [0.1, 0.15) is 0 Å². The van der Waals surface area contributed by atoms with Crippen molar-refractivity contribution < 1.29 is 0 Å². The number of benzene rings is 1. The summed E-state index contributed by atoms with van der Waals surface area (Å²) in [5.41, 5.74) is 6.37. The van der Waals surface area contributed by atoms with Crippen LogP contribution in [-0.4, -0.2) is 5.75 Å². The molecule has 11 heavy (non-hydrogen) atoms. The highest BCUT2D eigenvalue weighted by molar-refractivity contribution is 8.76. The zero-order valence-electron chi connectivity index (χ0n) is 6.41. The summed E-state index contributed by atoms with van der Waals surface area (Å²) in [6.45, 7) is 2.15. The van der Waals surface area contributed by atoms with Crippen molar-refractivity contribution in [2.75, 3.05) is 11.5 Å². The maximum Gasteiger partial charge on any atom is 0.0314 e. The fourth-order valence-corrected chi connectivity index (χ4v) is 2.25. The summed E-state index contributed by atoms with van der Waals surface area (Å²) in [7, 11) is 3.63. The van der Waals surface area contributed by atoms with Crippen LogP contribution in [0.15, 0.2) is 29.2 Å². The van der Waals surface area contributed by atoms with Gasteiger partial charge in [0.25, 0.3) is 0 Å². The van der Waals surface area contributed by atoms with Crippen molar-refractivity contribution in [1.82, 2.24) is 0 Å². The Labute approximate surface area is 75.1 Å². The van der Waals surface area contributed by atoms with Gasteiger partial charge < -0.3 is 5.73 Å². The van der Waals surface area contributed by atoms with Gasteiger partial charge in [-0.3, -0.25) is 0 Å². The van der Waals surface area contributed by atoms with Crippen LogP contribution in [-0.2, 0) is 0 Å². The van der Waals surface area contributed by atoms with Gasteiger partial charge in [-0.25, -0.2) is 0 Å². The highest BCUT2D eigenvalue weighted by atomic mass is 33.1. The summed E-state index contributed by atoms with van der Waals surface area (Å²) >= 11 is 0. The smallest absolute Gasteiger partial charge is 0.0314 e. The van der Waals surface area contributed by atoms with Gasteiger partial charge in [0, 0.05) is 16.3 Å². The second kappa shape index (κ2) is 4.57. The molecule has 0 radical (unpaired) electrons. The van der Waals surface area contributed by atoms with E-state index in [-0.39, 0.29) is 0 Å². The maximum atomic E-state index is 5.54. The lowest BCUT2D eigenvalue weighted by Gasteiger charge is -1.98. The highest BCUT2D eigenvalue weighted by Crippen LogP contribution is 2.30. The van der Waals surface area contributed by atoms with E-state index in [2.05, 4.69) is 6.92 Å². The third kappa shape index (κ3) is 3.08. The molecule has 0 amide bonds. The number of rotatable bonds is 3. The summed E-state index contributed by atoms with van der Waals surface area (Å²) in [6.07, 6.45) is 0. The van der Waals surface area contributed by atoms with Gasteiger partial charge >= 0.3 is 0 Å². The fraction of sp³-hybridized carbons (Fsp3) is 0.250. The lowest BCUT2D eigenvalue weighted by Crippen LogP contribution is -1.81. The molecule has 0 atom stereocenters. The lowest BCUT2D eigenvalue weighted by atomic mass is 10.3. The zero-order valence-corrected chi connectivity index (χ0v) is 8.04. The molecule has 2 N–H and O–H groups in total. The van der Waals surface area contributed by atoms with Crippen LogP contribution >= 0.6 is 21.6 Å². The fourth-order valence-electron chi connectivity index (χ4n) is 0.650. The number of nitrogens with two attached hydrogens (primary N) is 1. The second-order valence-corrected chi connectivity index (χ2v) is 4.72. The van der Waals surface area contributed by atoms with Crippen LogP contribution in [0.2, 0.25) is 0 Å². The molecule has 0 saturated heterocycles. The second-order valence-electron chi connectivity index (χ2n) is 2.06. The Bertz CT molecular complexity index is 208. The van der Waals surface area contributed by atoms with Gasteiger partial charge in [-0.2, -0.15) is 0 Å². The first-order valence-electron chi connectivity index (χ1n) is 3.48. The molecule has 60 valence electrons. The molecule has 0 spiro atoms. The first-order valence-corrected chi connectivity index (χ1v) is 5.80. The van der Waals surface area contributed by atoms with E-state index in [9.17, 15) is 0 Å². The van der Waals surface area contributed by atoms with Gasteiger partial charge in [-0.05, 0) is 24.3 Å². The molecule has 0 aliphatic carbocycles. The molecule has 1 rings (SSSR count). The molecular formula is C8H11NS2. The summed E-state index contributed by atoms with van der Waals surface area (Å²) in [5, 5.41) is 0. The van der Waals surface area contributed by atoms with Crippen LogP contribution < -0.4 is 5.73 Å². The van der Waals surface area contributed by atoms with Gasteiger partial charge in [0.2, 0.25) is 0 Å². The Morgan fingerprint density at radius 2 is 1.91 bits per heavy atom. The van der Waals surface area contributed by atoms with Crippen LogP contribution in [0.3, 0.4) is 0 Å². The van der Waals surface area contributed by atoms with E-state index >= 15 is 0 Å². The quantitative estimate of drug-likeness (QED) is 0.579. The third-order valence-electron chi connectivity index (χ3n) is 1.15. The van der Waals surface area contributed by atoms with Crippen molar-refractivity contribution in [3.05, 3.63) is 24.3 Å². The zero-order chi connectivity index (χ0) is 8.10. The van der Waals surface area contributed by atoms with Crippen LogP contribution in [0.5, 0.6) is 0 Å². The maximum absolute atomic E-state index is 5.54. The van der Waals surface area contributed by atoms with Crippen molar-refractivity contribution in [1.29, 1.82) is 0 Å². The van der Waals surface area contributed by atoms with E-state index in [1.54, 1.807) is 10.8 Å². The van der Waals surface area contributed by atoms with Crippen molar-refractivity contribution in [2.24, 2.45) is 0 Å². The molecule has 3 heteroatoms. The number of hydrogen-bond donors (Lipinski definition) is 1. The molecule has 0 aliphatic rings. The molecule has 0 saturated carbocycles. The normalized spacial score (nSPS) is 9.91.